The van der Waals surface area contributed by atoms with Crippen LogP contribution in [0.15, 0.2) is 59.0 Å². The summed E-state index contributed by atoms with van der Waals surface area (Å²) in [4.78, 5) is 8.03. The first-order chi connectivity index (χ1) is 12.0. The molecule has 2 aromatic rings. The molecule has 8 heteroatoms. The zero-order valence-corrected chi connectivity index (χ0v) is 14.3. The fraction of sp³-hybridized carbons (Fsp3) is 0.176. The van der Waals surface area contributed by atoms with Crippen LogP contribution in [0.3, 0.4) is 0 Å². The van der Waals surface area contributed by atoms with Gasteiger partial charge in [-0.3, -0.25) is 9.98 Å². The van der Waals surface area contributed by atoms with Crippen molar-refractivity contribution in [2.24, 2.45) is 4.99 Å². The summed E-state index contributed by atoms with van der Waals surface area (Å²) in [6.07, 6.45) is 6.68. The topological polar surface area (TPSA) is 101 Å². The number of pyridine rings is 1. The Hall–Kier alpha value is -2.55. The van der Waals surface area contributed by atoms with Gasteiger partial charge in [-0.25, -0.2) is 13.1 Å². The van der Waals surface area contributed by atoms with Gasteiger partial charge in [0.25, 0.3) is 0 Å². The number of benzene rings is 1. The van der Waals surface area contributed by atoms with Gasteiger partial charge in [0.05, 0.1) is 12.3 Å². The molecule has 1 unspecified atom stereocenters. The Morgan fingerprint density at radius 1 is 1.32 bits per heavy atom. The highest BCUT2D eigenvalue weighted by Gasteiger charge is 2.20. The van der Waals surface area contributed by atoms with Crippen molar-refractivity contribution in [1.82, 2.24) is 9.71 Å². The molecule has 0 saturated heterocycles. The van der Waals surface area contributed by atoms with E-state index in [0.29, 0.717) is 16.9 Å². The van der Waals surface area contributed by atoms with E-state index in [-0.39, 0.29) is 11.4 Å². The van der Waals surface area contributed by atoms with Crippen LogP contribution in [0.4, 0.5) is 0 Å². The first kappa shape index (κ1) is 17.3. The monoisotopic (exact) mass is 359 g/mol. The average Bonchev–Trinajstić information content (AvgIpc) is 2.85. The number of rotatable bonds is 5. The lowest BCUT2D eigenvalue weighted by molar-refractivity contribution is 0.198. The maximum Gasteiger partial charge on any atom is 0.242 e. The van der Waals surface area contributed by atoms with E-state index in [4.69, 9.17) is 4.74 Å². The molecule has 2 heterocycles. The average molecular weight is 359 g/mol. The van der Waals surface area contributed by atoms with Gasteiger partial charge >= 0.3 is 0 Å². The first-order valence-electron chi connectivity index (χ1n) is 7.58. The lowest BCUT2D eigenvalue weighted by Gasteiger charge is -2.13. The summed E-state index contributed by atoms with van der Waals surface area (Å²) in [5.74, 6) is 0.631. The zero-order valence-electron chi connectivity index (χ0n) is 13.5. The quantitative estimate of drug-likeness (QED) is 0.846. The number of fused-ring (bicyclic) bond motifs is 1. The summed E-state index contributed by atoms with van der Waals surface area (Å²) in [5, 5.41) is 9.33. The molecule has 0 aliphatic carbocycles. The van der Waals surface area contributed by atoms with Crippen LogP contribution in [-0.2, 0) is 10.0 Å². The maximum atomic E-state index is 12.6. The molecule has 130 valence electrons. The van der Waals surface area contributed by atoms with Gasteiger partial charge in [-0.05, 0) is 30.7 Å². The van der Waals surface area contributed by atoms with Gasteiger partial charge in [0.15, 0.2) is 0 Å². The SMILES string of the molecule is CC(O)CNS(=O)(=O)c1cnccc1-c1ccc2c(c1)C=NC=CO2. The summed E-state index contributed by atoms with van der Waals surface area (Å²) >= 11 is 0. The Balaban J connectivity index is 2.03. The highest BCUT2D eigenvalue weighted by molar-refractivity contribution is 7.89. The van der Waals surface area contributed by atoms with Gasteiger partial charge in [-0.1, -0.05) is 6.07 Å². The minimum Gasteiger partial charge on any atom is -0.463 e. The fourth-order valence-electron chi connectivity index (χ4n) is 2.33. The number of hydrogen-bond donors (Lipinski definition) is 2. The molecule has 25 heavy (non-hydrogen) atoms. The predicted molar refractivity (Wildman–Crippen MR) is 93.9 cm³/mol. The minimum atomic E-state index is -3.81. The Kier molecular flexibility index (Phi) is 4.93. The third-order valence-electron chi connectivity index (χ3n) is 3.52. The van der Waals surface area contributed by atoms with Gasteiger partial charge < -0.3 is 9.84 Å². The van der Waals surface area contributed by atoms with E-state index >= 15 is 0 Å². The molecule has 2 N–H and O–H groups in total. The molecule has 1 atom stereocenters. The number of aliphatic hydroxyl groups excluding tert-OH is 1. The normalized spacial score (nSPS) is 14.5. The highest BCUT2D eigenvalue weighted by Crippen LogP contribution is 2.30. The summed E-state index contributed by atoms with van der Waals surface area (Å²) in [6, 6.07) is 6.96. The van der Waals surface area contributed by atoms with Crippen LogP contribution in [0.25, 0.3) is 11.1 Å². The molecule has 0 amide bonds. The molecule has 7 nitrogen and oxygen atoms in total. The van der Waals surface area contributed by atoms with Crippen molar-refractivity contribution in [1.29, 1.82) is 0 Å². The number of aliphatic hydroxyl groups is 1. The van der Waals surface area contributed by atoms with Crippen molar-refractivity contribution in [2.45, 2.75) is 17.9 Å². The molecular formula is C17H17N3O4S. The molecule has 1 aliphatic heterocycles. The molecule has 3 rings (SSSR count). The number of ether oxygens (including phenoxy) is 1. The largest absolute Gasteiger partial charge is 0.463 e. The van der Waals surface area contributed by atoms with E-state index in [0.717, 1.165) is 5.56 Å². The van der Waals surface area contributed by atoms with Gasteiger partial charge in [-0.2, -0.15) is 0 Å². The molecule has 0 spiro atoms. The first-order valence-corrected chi connectivity index (χ1v) is 9.07. The van der Waals surface area contributed by atoms with Gasteiger partial charge in [-0.15, -0.1) is 0 Å². The molecule has 0 saturated carbocycles. The smallest absolute Gasteiger partial charge is 0.242 e. The lowest BCUT2D eigenvalue weighted by Crippen LogP contribution is -2.31. The van der Waals surface area contributed by atoms with Crippen molar-refractivity contribution in [2.75, 3.05) is 6.54 Å². The third kappa shape index (κ3) is 3.93. The highest BCUT2D eigenvalue weighted by atomic mass is 32.2. The van der Waals surface area contributed by atoms with Gasteiger partial charge in [0, 0.05) is 36.3 Å². The fourth-order valence-corrected chi connectivity index (χ4v) is 3.62. The summed E-state index contributed by atoms with van der Waals surface area (Å²) < 4.78 is 32.9. The van der Waals surface area contributed by atoms with Crippen molar-refractivity contribution in [3.63, 3.8) is 0 Å². The van der Waals surface area contributed by atoms with Gasteiger partial charge in [0.1, 0.15) is 16.9 Å². The second kappa shape index (κ2) is 7.14. The van der Waals surface area contributed by atoms with Gasteiger partial charge in [0.2, 0.25) is 10.0 Å². The Morgan fingerprint density at radius 3 is 2.96 bits per heavy atom. The van der Waals surface area contributed by atoms with Crippen LogP contribution in [0, 0.1) is 0 Å². The summed E-state index contributed by atoms with van der Waals surface area (Å²) in [7, 11) is -3.81. The second-order valence-electron chi connectivity index (χ2n) is 5.51. The second-order valence-corrected chi connectivity index (χ2v) is 7.24. The van der Waals surface area contributed by atoms with E-state index in [1.807, 2.05) is 0 Å². The molecule has 1 aliphatic rings. The Bertz CT molecular complexity index is 937. The summed E-state index contributed by atoms with van der Waals surface area (Å²) in [6.45, 7) is 1.43. The van der Waals surface area contributed by atoms with E-state index < -0.39 is 16.1 Å². The molecular weight excluding hydrogens is 342 g/mol. The van der Waals surface area contributed by atoms with Crippen LogP contribution in [0.1, 0.15) is 12.5 Å². The number of aliphatic imine (C=N–C) groups is 1. The van der Waals surface area contributed by atoms with Crippen molar-refractivity contribution < 1.29 is 18.3 Å². The van der Waals surface area contributed by atoms with Crippen LogP contribution in [-0.4, -0.2) is 37.4 Å². The van der Waals surface area contributed by atoms with Crippen LogP contribution in [0.5, 0.6) is 5.75 Å². The van der Waals surface area contributed by atoms with E-state index in [1.54, 1.807) is 30.5 Å². The molecule has 1 aromatic carbocycles. The number of nitrogens with one attached hydrogen (secondary N) is 1. The lowest BCUT2D eigenvalue weighted by atomic mass is 10.0. The van der Waals surface area contributed by atoms with Crippen LogP contribution in [0.2, 0.25) is 0 Å². The Labute approximate surface area is 145 Å². The van der Waals surface area contributed by atoms with Crippen molar-refractivity contribution in [3.05, 3.63) is 54.7 Å². The van der Waals surface area contributed by atoms with E-state index in [9.17, 15) is 13.5 Å². The molecule has 0 radical (unpaired) electrons. The predicted octanol–water partition coefficient (Wildman–Crippen LogP) is 1.69. The maximum absolute atomic E-state index is 12.6. The molecule has 0 fully saturated rings. The van der Waals surface area contributed by atoms with E-state index in [2.05, 4.69) is 14.7 Å². The van der Waals surface area contributed by atoms with Crippen LogP contribution >= 0.6 is 0 Å². The van der Waals surface area contributed by atoms with Crippen molar-refractivity contribution in [3.8, 4) is 16.9 Å². The molecule has 0 bridgehead atoms. The summed E-state index contributed by atoms with van der Waals surface area (Å²) in [5.41, 5.74) is 1.93. The zero-order chi connectivity index (χ0) is 17.9. The van der Waals surface area contributed by atoms with E-state index in [1.165, 1.54) is 31.8 Å². The standard InChI is InChI=1S/C17H17N3O4S/c1-12(21)9-20-25(22,23)17-11-18-5-4-15(17)13-2-3-16-14(8-13)10-19-6-7-24-16/h2-8,10-12,20-21H,9H2,1H3. The number of hydrogen-bond acceptors (Lipinski definition) is 6. The van der Waals surface area contributed by atoms with Crippen molar-refractivity contribution >= 4 is 16.2 Å². The number of nitrogens with zero attached hydrogens (tertiary/aromatic N) is 2. The Morgan fingerprint density at radius 2 is 2.16 bits per heavy atom. The minimum absolute atomic E-state index is 0.0419. The third-order valence-corrected chi connectivity index (χ3v) is 4.97. The number of aromatic nitrogens is 1. The van der Waals surface area contributed by atoms with Crippen LogP contribution < -0.4 is 9.46 Å². The molecule has 1 aromatic heterocycles. The number of sulfonamides is 1.